The molecule has 3 aliphatic heterocycles. The lowest BCUT2D eigenvalue weighted by Crippen LogP contribution is -2.67. The second-order valence-electron chi connectivity index (χ2n) is 10.3. The van der Waals surface area contributed by atoms with Crippen LogP contribution in [0.5, 0.6) is 0 Å². The van der Waals surface area contributed by atoms with E-state index in [2.05, 4.69) is 98.5 Å². The molecule has 2 aromatic carbocycles. The third-order valence-corrected chi connectivity index (χ3v) is 12.4. The van der Waals surface area contributed by atoms with Gasteiger partial charge in [0.2, 0.25) is 0 Å². The molecule has 5 rings (SSSR count). The molecule has 0 amide bonds. The zero-order valence-corrected chi connectivity index (χ0v) is 20.7. The summed E-state index contributed by atoms with van der Waals surface area (Å²) in [6.07, 6.45) is 8.00. The van der Waals surface area contributed by atoms with E-state index in [0.29, 0.717) is 6.61 Å². The van der Waals surface area contributed by atoms with Crippen molar-refractivity contribution in [2.45, 2.75) is 56.8 Å². The molecule has 3 atom stereocenters. The fourth-order valence-electron chi connectivity index (χ4n) is 5.90. The van der Waals surface area contributed by atoms with Crippen molar-refractivity contribution in [2.24, 2.45) is 0 Å². The smallest absolute Gasteiger partial charge is 0.331 e. The van der Waals surface area contributed by atoms with Crippen molar-refractivity contribution in [3.63, 3.8) is 0 Å². The summed E-state index contributed by atoms with van der Waals surface area (Å²) in [5, 5.41) is 2.55. The second-order valence-corrected chi connectivity index (χ2v) is 14.7. The van der Waals surface area contributed by atoms with Crippen molar-refractivity contribution in [3.8, 4) is 0 Å². The minimum atomic E-state index is -2.59. The van der Waals surface area contributed by atoms with E-state index in [1.54, 1.807) is 6.08 Å². The van der Waals surface area contributed by atoms with Crippen LogP contribution in [0.1, 0.15) is 33.6 Å². The molecule has 172 valence electrons. The largest absolute Gasteiger partial charge is 0.453 e. The maximum absolute atomic E-state index is 11.9. The molecule has 2 aromatic rings. The lowest BCUT2D eigenvalue weighted by Gasteiger charge is -2.44. The van der Waals surface area contributed by atoms with Gasteiger partial charge in [-0.15, -0.1) is 0 Å². The average Bonchev–Trinajstić information content (AvgIpc) is 3.40. The fourth-order valence-corrected chi connectivity index (χ4v) is 10.5. The normalized spacial score (nSPS) is 25.2. The number of ether oxygens (including phenoxy) is 1. The molecule has 0 saturated carbocycles. The monoisotopic (exact) mass is 459 g/mol. The van der Waals surface area contributed by atoms with Crippen molar-refractivity contribution < 1.29 is 14.0 Å². The minimum Gasteiger partial charge on any atom is -0.453 e. The minimum absolute atomic E-state index is 0.0525. The number of nitrogens with zero attached hydrogens (tertiary/aromatic N) is 1. The van der Waals surface area contributed by atoms with Gasteiger partial charge in [-0.05, 0) is 34.8 Å². The summed E-state index contributed by atoms with van der Waals surface area (Å²) in [5.41, 5.74) is 1.00. The molecule has 0 aromatic heterocycles. The van der Waals surface area contributed by atoms with Gasteiger partial charge in [0.25, 0.3) is 8.32 Å². The maximum Gasteiger partial charge on any atom is 0.331 e. The molecule has 4 nitrogen and oxygen atoms in total. The Labute approximate surface area is 198 Å². The topological polar surface area (TPSA) is 38.8 Å². The van der Waals surface area contributed by atoms with E-state index in [1.165, 1.54) is 10.4 Å². The molecule has 0 N–H and O–H groups in total. The summed E-state index contributed by atoms with van der Waals surface area (Å²) < 4.78 is 12.9. The Kier molecular flexibility index (Phi) is 5.89. The molecule has 3 aliphatic rings. The molecule has 0 aliphatic carbocycles. The molecule has 0 bridgehead atoms. The summed E-state index contributed by atoms with van der Waals surface area (Å²) in [4.78, 5) is 14.4. The van der Waals surface area contributed by atoms with Gasteiger partial charge in [0.05, 0.1) is 18.7 Å². The van der Waals surface area contributed by atoms with Crippen LogP contribution in [0.25, 0.3) is 0 Å². The van der Waals surface area contributed by atoms with Gasteiger partial charge in [-0.1, -0.05) is 93.6 Å². The Morgan fingerprint density at radius 3 is 2.27 bits per heavy atom. The predicted octanol–water partition coefficient (Wildman–Crippen LogP) is 3.82. The highest BCUT2D eigenvalue weighted by Crippen LogP contribution is 2.38. The summed E-state index contributed by atoms with van der Waals surface area (Å²) in [7, 11) is -2.59. The third kappa shape index (κ3) is 3.92. The van der Waals surface area contributed by atoms with Crippen molar-refractivity contribution in [1.82, 2.24) is 4.90 Å². The standard InChI is InChI=1S/C28H33NO3Si/c1-28(2,3)33(23-11-6-4-7-12-23,24-13-8-5-9-14-24)31-20-22-17-16-21-19-26(30)32-27(21)25-15-10-18-29(22)25/h4-9,11-14,16-17,19,22,25,27H,10,15,18,20H2,1-3H3/t22-,25-,27-/m1/s1. The first-order valence-corrected chi connectivity index (χ1v) is 13.9. The van der Waals surface area contributed by atoms with Crippen molar-refractivity contribution >= 4 is 24.7 Å². The average molecular weight is 460 g/mol. The summed E-state index contributed by atoms with van der Waals surface area (Å²) in [6.45, 7) is 8.57. The van der Waals surface area contributed by atoms with Crippen LogP contribution in [0, 0.1) is 0 Å². The zero-order chi connectivity index (χ0) is 23.1. The number of rotatable bonds is 5. The quantitative estimate of drug-likeness (QED) is 0.503. The number of benzene rings is 2. The molecular weight excluding hydrogens is 426 g/mol. The Hall–Kier alpha value is -2.47. The Bertz CT molecular complexity index is 1020. The van der Waals surface area contributed by atoms with Crippen LogP contribution >= 0.6 is 0 Å². The predicted molar refractivity (Wildman–Crippen MR) is 134 cm³/mol. The van der Waals surface area contributed by atoms with Crippen molar-refractivity contribution in [1.29, 1.82) is 0 Å². The van der Waals surface area contributed by atoms with E-state index >= 15 is 0 Å². The fraction of sp³-hybridized carbons (Fsp3) is 0.393. The highest BCUT2D eigenvalue weighted by molar-refractivity contribution is 6.99. The number of esters is 1. The van der Waals surface area contributed by atoms with Crippen LogP contribution in [0.15, 0.2) is 84.5 Å². The van der Waals surface area contributed by atoms with Gasteiger partial charge in [-0.2, -0.15) is 0 Å². The van der Waals surface area contributed by atoms with Crippen LogP contribution in [-0.4, -0.2) is 50.5 Å². The highest BCUT2D eigenvalue weighted by atomic mass is 28.4. The Morgan fingerprint density at radius 1 is 1.03 bits per heavy atom. The number of carbonyl (C=O) groups is 1. The summed E-state index contributed by atoms with van der Waals surface area (Å²) in [5.74, 6) is -0.214. The molecule has 33 heavy (non-hydrogen) atoms. The van der Waals surface area contributed by atoms with Gasteiger partial charge in [0.15, 0.2) is 0 Å². The molecule has 0 unspecified atom stereocenters. The number of hydrogen-bond acceptors (Lipinski definition) is 4. The SMILES string of the molecule is CC(C)(C)[Si](OC[C@H]1C=CC2=CC(=O)O[C@H]2[C@H]2CCCN12)(c1ccccc1)c1ccccc1. The molecule has 5 heteroatoms. The lowest BCUT2D eigenvalue weighted by molar-refractivity contribution is -0.141. The first-order valence-electron chi connectivity index (χ1n) is 12.0. The van der Waals surface area contributed by atoms with Crippen molar-refractivity contribution in [3.05, 3.63) is 84.5 Å². The first kappa shape index (κ1) is 22.3. The van der Waals surface area contributed by atoms with Crippen LogP contribution in [-0.2, 0) is 14.0 Å². The highest BCUT2D eigenvalue weighted by Gasteiger charge is 2.51. The third-order valence-electron chi connectivity index (χ3n) is 7.37. The van der Waals surface area contributed by atoms with Gasteiger partial charge in [0.1, 0.15) is 6.10 Å². The van der Waals surface area contributed by atoms with Crippen LogP contribution in [0.4, 0.5) is 0 Å². The summed E-state index contributed by atoms with van der Waals surface area (Å²) in [6, 6.07) is 22.0. The molecule has 3 heterocycles. The van der Waals surface area contributed by atoms with E-state index in [9.17, 15) is 4.79 Å². The molecule has 0 spiro atoms. The van der Waals surface area contributed by atoms with E-state index in [4.69, 9.17) is 9.16 Å². The molecule has 0 radical (unpaired) electrons. The Morgan fingerprint density at radius 2 is 1.67 bits per heavy atom. The Balaban J connectivity index is 1.52. The van der Waals surface area contributed by atoms with Crippen LogP contribution < -0.4 is 10.4 Å². The van der Waals surface area contributed by atoms with Crippen molar-refractivity contribution in [2.75, 3.05) is 13.2 Å². The van der Waals surface area contributed by atoms with E-state index < -0.39 is 8.32 Å². The zero-order valence-electron chi connectivity index (χ0n) is 19.7. The van der Waals surface area contributed by atoms with Gasteiger partial charge in [-0.25, -0.2) is 4.79 Å². The summed E-state index contributed by atoms with van der Waals surface area (Å²) >= 11 is 0. The second kappa shape index (κ2) is 8.71. The maximum atomic E-state index is 11.9. The van der Waals surface area contributed by atoms with Crippen LogP contribution in [0.3, 0.4) is 0 Å². The first-order chi connectivity index (χ1) is 15.9. The number of hydrogen-bond donors (Lipinski definition) is 0. The van der Waals surface area contributed by atoms with E-state index in [1.807, 2.05) is 0 Å². The van der Waals surface area contributed by atoms with E-state index in [-0.39, 0.29) is 29.2 Å². The molecule has 1 saturated heterocycles. The van der Waals surface area contributed by atoms with Gasteiger partial charge in [0, 0.05) is 11.6 Å². The number of fused-ring (bicyclic) bond motifs is 3. The lowest BCUT2D eigenvalue weighted by atomic mass is 10.0. The van der Waals surface area contributed by atoms with Gasteiger partial charge in [-0.3, -0.25) is 4.90 Å². The van der Waals surface area contributed by atoms with Crippen LogP contribution in [0.2, 0.25) is 5.04 Å². The van der Waals surface area contributed by atoms with E-state index in [0.717, 1.165) is 25.0 Å². The molecular formula is C28H33NO3Si. The molecule has 1 fully saturated rings. The number of carbonyl (C=O) groups excluding carboxylic acids is 1. The van der Waals surface area contributed by atoms with Gasteiger partial charge >= 0.3 is 5.97 Å². The van der Waals surface area contributed by atoms with Gasteiger partial charge < -0.3 is 9.16 Å².